The number of amides is 1. The lowest BCUT2D eigenvalue weighted by atomic mass is 10.0. The number of aryl methyl sites for hydroxylation is 1. The minimum absolute atomic E-state index is 0.158. The van der Waals surface area contributed by atoms with Gasteiger partial charge < -0.3 is 0 Å². The van der Waals surface area contributed by atoms with Gasteiger partial charge in [0.05, 0.1) is 11.5 Å². The molecule has 5 rings (SSSR count). The Morgan fingerprint density at radius 3 is 2.42 bits per heavy atom. The number of hydrogen-bond acceptors (Lipinski definition) is 5. The number of benzene rings is 4. The summed E-state index contributed by atoms with van der Waals surface area (Å²) in [5, 5.41) is 16.1. The van der Waals surface area contributed by atoms with Gasteiger partial charge in [-0.2, -0.15) is 5.10 Å². The van der Waals surface area contributed by atoms with Crippen molar-refractivity contribution >= 4 is 34.2 Å². The van der Waals surface area contributed by atoms with E-state index in [0.717, 1.165) is 39.1 Å². The maximum Gasteiger partial charge on any atom is 0.250 e. The van der Waals surface area contributed by atoms with Crippen LogP contribution in [0.2, 0.25) is 0 Å². The highest BCUT2D eigenvalue weighted by atomic mass is 32.2. The van der Waals surface area contributed by atoms with E-state index in [9.17, 15) is 4.79 Å². The molecule has 6 nitrogen and oxygen atoms in total. The lowest BCUT2D eigenvalue weighted by Crippen LogP contribution is -2.21. The maximum absolute atomic E-state index is 12.7. The smallest absolute Gasteiger partial charge is 0.250 e. The molecule has 0 bridgehead atoms. The Morgan fingerprint density at radius 2 is 1.61 bits per heavy atom. The van der Waals surface area contributed by atoms with Gasteiger partial charge in [0.25, 0.3) is 5.91 Å². The average Bonchev–Trinajstić information content (AvgIpc) is 3.35. The number of carbonyl (C=O) groups is 1. The van der Waals surface area contributed by atoms with E-state index >= 15 is 0 Å². The quantitative estimate of drug-likeness (QED) is 0.171. The van der Waals surface area contributed by atoms with Crippen LogP contribution in [0, 0.1) is 6.92 Å². The van der Waals surface area contributed by atoms with E-state index in [0.29, 0.717) is 5.16 Å². The Balaban J connectivity index is 1.34. The van der Waals surface area contributed by atoms with Gasteiger partial charge in [0.1, 0.15) is 0 Å². The first-order valence-electron chi connectivity index (χ1n) is 11.6. The number of hydrazone groups is 1. The Bertz CT molecular complexity index is 1540. The van der Waals surface area contributed by atoms with Crippen molar-refractivity contribution in [3.05, 3.63) is 108 Å². The first-order valence-corrected chi connectivity index (χ1v) is 12.6. The van der Waals surface area contributed by atoms with Crippen LogP contribution < -0.4 is 5.43 Å². The zero-order chi connectivity index (χ0) is 24.9. The van der Waals surface area contributed by atoms with Crippen molar-refractivity contribution in [1.29, 1.82) is 0 Å². The summed E-state index contributed by atoms with van der Waals surface area (Å²) in [6.45, 7) is 3.95. The van der Waals surface area contributed by atoms with Crippen molar-refractivity contribution in [3.8, 4) is 17.1 Å². The summed E-state index contributed by atoms with van der Waals surface area (Å²) in [6, 6.07) is 32.3. The van der Waals surface area contributed by atoms with E-state index in [1.807, 2.05) is 78.2 Å². The summed E-state index contributed by atoms with van der Waals surface area (Å²) in [6.07, 6.45) is 0. The van der Waals surface area contributed by atoms with E-state index in [-0.39, 0.29) is 11.7 Å². The van der Waals surface area contributed by atoms with Crippen LogP contribution in [0.3, 0.4) is 0 Å². The standard InChI is InChI=1S/C29H25N5OS/c1-20-15-17-23(18-16-20)28-32-33-29(34(28)24-11-4-3-5-12-24)36-19-27(35)31-30-21(2)25-14-8-10-22-9-6-7-13-26(22)25/h3-18H,19H2,1-2H3,(H,31,35)/b30-21+. The zero-order valence-electron chi connectivity index (χ0n) is 20.1. The predicted molar refractivity (Wildman–Crippen MR) is 147 cm³/mol. The van der Waals surface area contributed by atoms with Crippen molar-refractivity contribution in [3.63, 3.8) is 0 Å². The van der Waals surface area contributed by atoms with Crippen LogP contribution in [0.4, 0.5) is 0 Å². The lowest BCUT2D eigenvalue weighted by molar-refractivity contribution is -0.118. The topological polar surface area (TPSA) is 72.2 Å². The van der Waals surface area contributed by atoms with Gasteiger partial charge in [-0.05, 0) is 36.8 Å². The molecule has 1 amide bonds. The van der Waals surface area contributed by atoms with Crippen molar-refractivity contribution in [2.45, 2.75) is 19.0 Å². The summed E-state index contributed by atoms with van der Waals surface area (Å²) in [5.74, 6) is 0.679. The van der Waals surface area contributed by atoms with E-state index in [1.165, 1.54) is 17.3 Å². The van der Waals surface area contributed by atoms with Crippen LogP contribution in [0.1, 0.15) is 18.1 Å². The normalized spacial score (nSPS) is 11.6. The fourth-order valence-corrected chi connectivity index (χ4v) is 4.72. The summed E-state index contributed by atoms with van der Waals surface area (Å²) in [7, 11) is 0. The van der Waals surface area contributed by atoms with Crippen molar-refractivity contribution in [2.75, 3.05) is 5.75 Å². The molecular weight excluding hydrogens is 466 g/mol. The molecule has 0 aliphatic heterocycles. The van der Waals surface area contributed by atoms with Gasteiger partial charge >= 0.3 is 0 Å². The zero-order valence-corrected chi connectivity index (χ0v) is 20.9. The number of thioether (sulfide) groups is 1. The second-order valence-corrected chi connectivity index (χ2v) is 9.33. The number of para-hydroxylation sites is 1. The van der Waals surface area contributed by atoms with Gasteiger partial charge in [0.15, 0.2) is 11.0 Å². The van der Waals surface area contributed by atoms with E-state index in [2.05, 4.69) is 58.0 Å². The third-order valence-electron chi connectivity index (χ3n) is 5.82. The number of rotatable bonds is 7. The van der Waals surface area contributed by atoms with Crippen molar-refractivity contribution < 1.29 is 4.79 Å². The fourth-order valence-electron chi connectivity index (χ4n) is 3.97. The Labute approximate surface area is 214 Å². The summed E-state index contributed by atoms with van der Waals surface area (Å²) >= 11 is 1.33. The molecule has 0 radical (unpaired) electrons. The van der Waals surface area contributed by atoms with Gasteiger partial charge in [-0.1, -0.05) is 102 Å². The highest BCUT2D eigenvalue weighted by molar-refractivity contribution is 7.99. The van der Waals surface area contributed by atoms with E-state index in [1.54, 1.807) is 0 Å². The largest absolute Gasteiger partial charge is 0.272 e. The number of nitrogens with one attached hydrogen (secondary N) is 1. The molecule has 7 heteroatoms. The lowest BCUT2D eigenvalue weighted by Gasteiger charge is -2.10. The van der Waals surface area contributed by atoms with Crippen molar-refractivity contribution in [2.24, 2.45) is 5.10 Å². The van der Waals surface area contributed by atoms with Crippen LogP contribution in [0.15, 0.2) is 107 Å². The number of fused-ring (bicyclic) bond motifs is 1. The predicted octanol–water partition coefficient (Wildman–Crippen LogP) is 6.03. The minimum atomic E-state index is -0.209. The van der Waals surface area contributed by atoms with Crippen LogP contribution in [0.25, 0.3) is 27.8 Å². The first kappa shape index (κ1) is 23.5. The molecular formula is C29H25N5OS. The molecule has 0 spiro atoms. The summed E-state index contributed by atoms with van der Waals surface area (Å²) < 4.78 is 1.98. The second kappa shape index (κ2) is 10.6. The minimum Gasteiger partial charge on any atom is -0.272 e. The first-order chi connectivity index (χ1) is 17.6. The Hall–Kier alpha value is -4.23. The molecule has 0 unspecified atom stereocenters. The van der Waals surface area contributed by atoms with Crippen LogP contribution in [-0.2, 0) is 4.79 Å². The molecule has 0 fully saturated rings. The molecule has 0 atom stereocenters. The average molecular weight is 492 g/mol. The maximum atomic E-state index is 12.7. The monoisotopic (exact) mass is 491 g/mol. The van der Waals surface area contributed by atoms with Gasteiger partial charge in [-0.3, -0.25) is 9.36 Å². The number of nitrogens with zero attached hydrogens (tertiary/aromatic N) is 4. The molecule has 0 aliphatic carbocycles. The van der Waals surface area contributed by atoms with Crippen LogP contribution >= 0.6 is 11.8 Å². The Kier molecular flexibility index (Phi) is 6.91. The molecule has 1 aromatic heterocycles. The number of carbonyl (C=O) groups excluding carboxylic acids is 1. The molecule has 0 aliphatic rings. The third kappa shape index (κ3) is 5.06. The molecule has 1 heterocycles. The third-order valence-corrected chi connectivity index (χ3v) is 6.75. The summed E-state index contributed by atoms with van der Waals surface area (Å²) in [5.41, 5.74) is 7.51. The SMILES string of the molecule is C/C(=N\NC(=O)CSc1nnc(-c2ccc(C)cc2)n1-c1ccccc1)c1cccc2ccccc12. The van der Waals surface area contributed by atoms with Crippen LogP contribution in [0.5, 0.6) is 0 Å². The second-order valence-electron chi connectivity index (χ2n) is 8.39. The molecule has 5 aromatic rings. The van der Waals surface area contributed by atoms with Crippen LogP contribution in [-0.4, -0.2) is 32.1 Å². The molecule has 36 heavy (non-hydrogen) atoms. The van der Waals surface area contributed by atoms with Gasteiger partial charge in [-0.25, -0.2) is 5.43 Å². The van der Waals surface area contributed by atoms with E-state index < -0.39 is 0 Å². The Morgan fingerprint density at radius 1 is 0.889 bits per heavy atom. The molecule has 0 saturated heterocycles. The van der Waals surface area contributed by atoms with E-state index in [4.69, 9.17) is 0 Å². The highest BCUT2D eigenvalue weighted by Crippen LogP contribution is 2.28. The molecule has 178 valence electrons. The molecule has 1 N–H and O–H groups in total. The molecule has 4 aromatic carbocycles. The highest BCUT2D eigenvalue weighted by Gasteiger charge is 2.17. The molecule has 0 saturated carbocycles. The fraction of sp³-hybridized carbons (Fsp3) is 0.103. The summed E-state index contributed by atoms with van der Waals surface area (Å²) in [4.78, 5) is 12.7. The number of aromatic nitrogens is 3. The number of hydrogen-bond donors (Lipinski definition) is 1. The van der Waals surface area contributed by atoms with Crippen molar-refractivity contribution in [1.82, 2.24) is 20.2 Å². The van der Waals surface area contributed by atoms with Gasteiger partial charge in [0.2, 0.25) is 0 Å². The van der Waals surface area contributed by atoms with Gasteiger partial charge in [0, 0.05) is 16.8 Å². The van der Waals surface area contributed by atoms with Gasteiger partial charge in [-0.15, -0.1) is 10.2 Å².